The van der Waals surface area contributed by atoms with E-state index >= 15 is 0 Å². The molecular weight excluding hydrogens is 252 g/mol. The summed E-state index contributed by atoms with van der Waals surface area (Å²) in [7, 11) is 0. The standard InChI is InChI=1S/C12H14N2O3S/c1-6(2)4-14-11(16)9-7(3)8(5-15)18-10(9)13-12(14)17/h5-6H,4H2,1-3H3,(H,13,17). The average molecular weight is 266 g/mol. The predicted molar refractivity (Wildman–Crippen MR) is 71.7 cm³/mol. The fourth-order valence-electron chi connectivity index (χ4n) is 1.91. The zero-order valence-corrected chi connectivity index (χ0v) is 11.3. The Morgan fingerprint density at radius 3 is 2.61 bits per heavy atom. The second kappa shape index (κ2) is 4.53. The minimum absolute atomic E-state index is 0.200. The first-order valence-electron chi connectivity index (χ1n) is 5.67. The highest BCUT2D eigenvalue weighted by molar-refractivity contribution is 7.20. The summed E-state index contributed by atoms with van der Waals surface area (Å²) in [5.74, 6) is 0.200. The fourth-order valence-corrected chi connectivity index (χ4v) is 2.92. The van der Waals surface area contributed by atoms with Crippen LogP contribution in [0.5, 0.6) is 0 Å². The summed E-state index contributed by atoms with van der Waals surface area (Å²) >= 11 is 1.14. The van der Waals surface area contributed by atoms with Gasteiger partial charge in [-0.25, -0.2) is 4.79 Å². The minimum atomic E-state index is -0.417. The summed E-state index contributed by atoms with van der Waals surface area (Å²) in [5.41, 5.74) is -0.0899. The summed E-state index contributed by atoms with van der Waals surface area (Å²) < 4.78 is 1.20. The third kappa shape index (κ3) is 1.92. The number of aldehydes is 1. The van der Waals surface area contributed by atoms with Crippen molar-refractivity contribution in [1.29, 1.82) is 0 Å². The second-order valence-corrected chi connectivity index (χ2v) is 5.71. The van der Waals surface area contributed by atoms with E-state index in [1.165, 1.54) is 4.57 Å². The molecule has 2 aromatic heterocycles. The second-order valence-electron chi connectivity index (χ2n) is 4.65. The maximum Gasteiger partial charge on any atom is 0.329 e. The van der Waals surface area contributed by atoms with E-state index in [2.05, 4.69) is 4.98 Å². The van der Waals surface area contributed by atoms with Crippen molar-refractivity contribution < 1.29 is 4.79 Å². The van der Waals surface area contributed by atoms with Crippen LogP contribution in [-0.4, -0.2) is 15.8 Å². The lowest BCUT2D eigenvalue weighted by Gasteiger charge is -2.07. The number of thiophene rings is 1. The van der Waals surface area contributed by atoms with Crippen LogP contribution in [0.15, 0.2) is 9.59 Å². The van der Waals surface area contributed by atoms with Gasteiger partial charge in [0.25, 0.3) is 5.56 Å². The highest BCUT2D eigenvalue weighted by Crippen LogP contribution is 2.24. The van der Waals surface area contributed by atoms with Crippen LogP contribution in [0.4, 0.5) is 0 Å². The van der Waals surface area contributed by atoms with Gasteiger partial charge < -0.3 is 0 Å². The number of nitrogens with one attached hydrogen (secondary N) is 1. The van der Waals surface area contributed by atoms with Crippen LogP contribution in [0.1, 0.15) is 29.1 Å². The Morgan fingerprint density at radius 1 is 1.39 bits per heavy atom. The van der Waals surface area contributed by atoms with Crippen molar-refractivity contribution in [3.8, 4) is 0 Å². The van der Waals surface area contributed by atoms with E-state index < -0.39 is 5.69 Å². The summed E-state index contributed by atoms with van der Waals surface area (Å²) in [4.78, 5) is 38.6. The molecule has 0 saturated carbocycles. The Kier molecular flexibility index (Phi) is 3.21. The number of hydrogen-bond acceptors (Lipinski definition) is 4. The normalized spacial score (nSPS) is 11.3. The molecular formula is C12H14N2O3S. The van der Waals surface area contributed by atoms with E-state index in [0.29, 0.717) is 33.5 Å². The van der Waals surface area contributed by atoms with Gasteiger partial charge in [-0.3, -0.25) is 19.1 Å². The van der Waals surface area contributed by atoms with Gasteiger partial charge >= 0.3 is 5.69 Å². The lowest BCUT2D eigenvalue weighted by Crippen LogP contribution is -2.36. The van der Waals surface area contributed by atoms with Gasteiger partial charge in [0.15, 0.2) is 6.29 Å². The zero-order chi connectivity index (χ0) is 13.4. The van der Waals surface area contributed by atoms with Crippen LogP contribution < -0.4 is 11.2 Å². The van der Waals surface area contributed by atoms with Crippen molar-refractivity contribution in [2.45, 2.75) is 27.3 Å². The van der Waals surface area contributed by atoms with Gasteiger partial charge in [-0.15, -0.1) is 11.3 Å². The number of aromatic nitrogens is 2. The first-order valence-corrected chi connectivity index (χ1v) is 6.48. The Hall–Kier alpha value is -1.69. The molecule has 18 heavy (non-hydrogen) atoms. The predicted octanol–water partition coefficient (Wildman–Crippen LogP) is 1.53. The van der Waals surface area contributed by atoms with Crippen LogP contribution in [0.3, 0.4) is 0 Å². The summed E-state index contributed by atoms with van der Waals surface area (Å²) in [6.45, 7) is 5.97. The van der Waals surface area contributed by atoms with E-state index in [9.17, 15) is 14.4 Å². The van der Waals surface area contributed by atoms with Gasteiger partial charge in [0.2, 0.25) is 0 Å². The first-order chi connectivity index (χ1) is 8.45. The van der Waals surface area contributed by atoms with E-state index in [1.54, 1.807) is 6.92 Å². The Morgan fingerprint density at radius 2 is 2.06 bits per heavy atom. The maximum absolute atomic E-state index is 12.3. The van der Waals surface area contributed by atoms with Gasteiger partial charge in [0, 0.05) is 6.54 Å². The number of rotatable bonds is 3. The van der Waals surface area contributed by atoms with Crippen LogP contribution in [0.2, 0.25) is 0 Å². The molecule has 0 fully saturated rings. The molecule has 5 nitrogen and oxygen atoms in total. The topological polar surface area (TPSA) is 71.9 Å². The lowest BCUT2D eigenvalue weighted by molar-refractivity contribution is 0.112. The Bertz CT molecular complexity index is 721. The number of aryl methyl sites for hydroxylation is 1. The van der Waals surface area contributed by atoms with Gasteiger partial charge in [0.05, 0.1) is 10.3 Å². The zero-order valence-electron chi connectivity index (χ0n) is 10.4. The number of aromatic amines is 1. The highest BCUT2D eigenvalue weighted by atomic mass is 32.1. The van der Waals surface area contributed by atoms with E-state index in [4.69, 9.17) is 0 Å². The van der Waals surface area contributed by atoms with Crippen LogP contribution in [0, 0.1) is 12.8 Å². The molecule has 2 rings (SSSR count). The average Bonchev–Trinajstić information content (AvgIpc) is 2.60. The third-order valence-electron chi connectivity index (χ3n) is 2.76. The smallest absolute Gasteiger partial charge is 0.298 e. The molecule has 0 spiro atoms. The van der Waals surface area contributed by atoms with Gasteiger partial charge in [0.1, 0.15) is 4.83 Å². The van der Waals surface area contributed by atoms with Crippen LogP contribution in [0.25, 0.3) is 10.2 Å². The van der Waals surface area contributed by atoms with Crippen molar-refractivity contribution in [1.82, 2.24) is 9.55 Å². The van der Waals surface area contributed by atoms with E-state index in [1.807, 2.05) is 13.8 Å². The van der Waals surface area contributed by atoms with Gasteiger partial charge in [-0.1, -0.05) is 13.8 Å². The molecule has 6 heteroatoms. The molecule has 0 aromatic carbocycles. The number of nitrogens with zero attached hydrogens (tertiary/aromatic N) is 1. The van der Waals surface area contributed by atoms with Gasteiger partial charge in [-0.05, 0) is 18.4 Å². The molecule has 96 valence electrons. The van der Waals surface area contributed by atoms with Crippen molar-refractivity contribution in [3.05, 3.63) is 31.3 Å². The molecule has 0 aliphatic rings. The third-order valence-corrected chi connectivity index (χ3v) is 3.90. The molecule has 0 saturated heterocycles. The maximum atomic E-state index is 12.3. The van der Waals surface area contributed by atoms with Crippen LogP contribution in [-0.2, 0) is 6.54 Å². The molecule has 0 radical (unpaired) electrons. The SMILES string of the molecule is Cc1c(C=O)sc2[nH]c(=O)n(CC(C)C)c(=O)c12. The van der Waals surface area contributed by atoms with Crippen molar-refractivity contribution in [2.24, 2.45) is 5.92 Å². The summed E-state index contributed by atoms with van der Waals surface area (Å²) in [6, 6.07) is 0. The first kappa shape index (κ1) is 12.8. The van der Waals surface area contributed by atoms with Gasteiger partial charge in [-0.2, -0.15) is 0 Å². The molecule has 0 amide bonds. The number of hydrogen-bond donors (Lipinski definition) is 1. The molecule has 0 aliphatic carbocycles. The number of H-pyrrole nitrogens is 1. The quantitative estimate of drug-likeness (QED) is 0.856. The highest BCUT2D eigenvalue weighted by Gasteiger charge is 2.15. The Labute approximate surface area is 107 Å². The lowest BCUT2D eigenvalue weighted by atomic mass is 10.2. The minimum Gasteiger partial charge on any atom is -0.298 e. The number of fused-ring (bicyclic) bond motifs is 1. The molecule has 0 unspecified atom stereocenters. The van der Waals surface area contributed by atoms with E-state index in [-0.39, 0.29) is 11.5 Å². The molecule has 1 N–H and O–H groups in total. The van der Waals surface area contributed by atoms with Crippen LogP contribution >= 0.6 is 11.3 Å². The number of carbonyl (C=O) groups is 1. The fraction of sp³-hybridized carbons (Fsp3) is 0.417. The largest absolute Gasteiger partial charge is 0.329 e. The van der Waals surface area contributed by atoms with Crippen molar-refractivity contribution in [2.75, 3.05) is 0 Å². The monoisotopic (exact) mass is 266 g/mol. The molecule has 0 bridgehead atoms. The van der Waals surface area contributed by atoms with E-state index in [0.717, 1.165) is 11.3 Å². The molecule has 2 aromatic rings. The summed E-state index contributed by atoms with van der Waals surface area (Å²) in [5, 5.41) is 0.447. The summed E-state index contributed by atoms with van der Waals surface area (Å²) in [6.07, 6.45) is 0.713. The van der Waals surface area contributed by atoms with Crippen molar-refractivity contribution in [3.63, 3.8) is 0 Å². The molecule has 2 heterocycles. The molecule has 0 aliphatic heterocycles. The number of carbonyl (C=O) groups excluding carboxylic acids is 1. The Balaban J connectivity index is 2.84. The molecule has 0 atom stereocenters. The van der Waals surface area contributed by atoms with Crippen molar-refractivity contribution >= 4 is 27.8 Å².